The number of aromatic nitrogens is 2. The number of nitrogens with zero attached hydrogens (tertiary/aromatic N) is 3. The van der Waals surface area contributed by atoms with Crippen LogP contribution in [-0.4, -0.2) is 35.2 Å². The Morgan fingerprint density at radius 3 is 2.45 bits per heavy atom. The van der Waals surface area contributed by atoms with E-state index in [2.05, 4.69) is 4.98 Å². The van der Waals surface area contributed by atoms with Crippen molar-refractivity contribution in [3.05, 3.63) is 16.8 Å². The minimum atomic E-state index is -3.51. The number of aryl methyl sites for hydroxylation is 1. The van der Waals surface area contributed by atoms with Gasteiger partial charge in [0.1, 0.15) is 0 Å². The van der Waals surface area contributed by atoms with Crippen LogP contribution in [0.2, 0.25) is 0 Å². The summed E-state index contributed by atoms with van der Waals surface area (Å²) in [5.74, 6) is 0.0720. The molecule has 5 nitrogen and oxygen atoms in total. The van der Waals surface area contributed by atoms with Crippen LogP contribution >= 0.6 is 11.3 Å². The maximum Gasteiger partial charge on any atom is 0.260 e. The average Bonchev–Trinajstić information content (AvgIpc) is 2.85. The van der Waals surface area contributed by atoms with E-state index in [1.54, 1.807) is 4.40 Å². The normalized spacial score (nSPS) is 12.9. The number of hydrogen-bond donors (Lipinski definition) is 0. The Kier molecular flexibility index (Phi) is 4.22. The second-order valence-corrected chi connectivity index (χ2v) is 8.11. The first kappa shape index (κ1) is 15.5. The molecule has 0 atom stereocenters. The smallest absolute Gasteiger partial charge is 0.260 e. The van der Waals surface area contributed by atoms with Crippen molar-refractivity contribution >= 4 is 26.3 Å². The molecule has 0 aliphatic heterocycles. The summed E-state index contributed by atoms with van der Waals surface area (Å²) in [6.07, 6.45) is 1.86. The van der Waals surface area contributed by atoms with E-state index in [4.69, 9.17) is 0 Å². The van der Waals surface area contributed by atoms with Gasteiger partial charge in [0.2, 0.25) is 0 Å². The predicted molar refractivity (Wildman–Crippen MR) is 82.0 cm³/mol. The zero-order valence-corrected chi connectivity index (χ0v) is 14.2. The van der Waals surface area contributed by atoms with Gasteiger partial charge in [-0.25, -0.2) is 13.4 Å². The molecule has 2 rings (SSSR count). The van der Waals surface area contributed by atoms with E-state index in [1.807, 2.05) is 40.8 Å². The summed E-state index contributed by atoms with van der Waals surface area (Å²) in [6, 6.07) is 0. The Labute approximate surface area is 124 Å². The zero-order valence-electron chi connectivity index (χ0n) is 12.5. The fourth-order valence-corrected chi connectivity index (χ4v) is 5.02. The molecule has 2 aromatic rings. The molecular weight excluding hydrogens is 294 g/mol. The molecular formula is C13H21N3O2S2. The van der Waals surface area contributed by atoms with Gasteiger partial charge in [-0.15, -0.1) is 11.3 Å². The van der Waals surface area contributed by atoms with Crippen LogP contribution < -0.4 is 0 Å². The van der Waals surface area contributed by atoms with Crippen LogP contribution in [-0.2, 0) is 10.0 Å². The van der Waals surface area contributed by atoms with Crippen LogP contribution in [0.15, 0.2) is 11.2 Å². The second-order valence-electron chi connectivity index (χ2n) is 5.04. The van der Waals surface area contributed by atoms with Crippen molar-refractivity contribution in [1.82, 2.24) is 13.7 Å². The van der Waals surface area contributed by atoms with Gasteiger partial charge < -0.3 is 0 Å². The Hall–Kier alpha value is -0.920. The van der Waals surface area contributed by atoms with Crippen molar-refractivity contribution < 1.29 is 8.42 Å². The van der Waals surface area contributed by atoms with Crippen molar-refractivity contribution in [3.63, 3.8) is 0 Å². The quantitative estimate of drug-likeness (QED) is 0.852. The van der Waals surface area contributed by atoms with Gasteiger partial charge >= 0.3 is 0 Å². The van der Waals surface area contributed by atoms with Gasteiger partial charge in [0.25, 0.3) is 10.0 Å². The van der Waals surface area contributed by atoms with Crippen LogP contribution in [0.1, 0.15) is 44.2 Å². The van der Waals surface area contributed by atoms with E-state index in [9.17, 15) is 8.42 Å². The molecule has 0 aromatic carbocycles. The molecule has 0 radical (unpaired) electrons. The molecule has 0 aliphatic carbocycles. The van der Waals surface area contributed by atoms with E-state index in [0.717, 1.165) is 9.84 Å². The summed E-state index contributed by atoms with van der Waals surface area (Å²) < 4.78 is 29.0. The molecule has 2 heterocycles. The minimum Gasteiger partial charge on any atom is -0.279 e. The molecule has 0 saturated carbocycles. The van der Waals surface area contributed by atoms with Crippen molar-refractivity contribution in [2.45, 2.75) is 45.6 Å². The van der Waals surface area contributed by atoms with Crippen molar-refractivity contribution in [3.8, 4) is 0 Å². The maximum absolute atomic E-state index is 12.9. The molecule has 0 spiro atoms. The fourth-order valence-electron chi connectivity index (χ4n) is 2.27. The lowest BCUT2D eigenvalue weighted by molar-refractivity contribution is 0.440. The Balaban J connectivity index is 2.76. The predicted octanol–water partition coefficient (Wildman–Crippen LogP) is 2.86. The largest absolute Gasteiger partial charge is 0.279 e. The Bertz CT molecular complexity index is 709. The zero-order chi connectivity index (χ0) is 15.1. The Morgan fingerprint density at radius 1 is 1.35 bits per heavy atom. The van der Waals surface area contributed by atoms with Crippen molar-refractivity contribution in [2.75, 3.05) is 13.1 Å². The number of sulfonamides is 1. The minimum absolute atomic E-state index is 0.0720. The lowest BCUT2D eigenvalue weighted by Gasteiger charge is -2.19. The highest BCUT2D eigenvalue weighted by Gasteiger charge is 2.31. The molecule has 0 saturated heterocycles. The van der Waals surface area contributed by atoms with E-state index in [0.29, 0.717) is 23.8 Å². The van der Waals surface area contributed by atoms with Crippen LogP contribution in [0, 0.1) is 6.92 Å². The van der Waals surface area contributed by atoms with Gasteiger partial charge in [-0.05, 0) is 12.8 Å². The van der Waals surface area contributed by atoms with Gasteiger partial charge in [-0.2, -0.15) is 4.31 Å². The summed E-state index contributed by atoms with van der Waals surface area (Å²) in [4.78, 5) is 6.33. The summed E-state index contributed by atoms with van der Waals surface area (Å²) in [7, 11) is -3.51. The van der Waals surface area contributed by atoms with Gasteiger partial charge in [-0.1, -0.05) is 27.7 Å². The summed E-state index contributed by atoms with van der Waals surface area (Å²) >= 11 is 1.52. The third-order valence-corrected chi connectivity index (χ3v) is 6.25. The molecule has 0 fully saturated rings. The molecule has 0 unspecified atom stereocenters. The monoisotopic (exact) mass is 315 g/mol. The number of thiazole rings is 1. The molecule has 0 bridgehead atoms. The van der Waals surface area contributed by atoms with Gasteiger partial charge in [0.05, 0.1) is 5.69 Å². The first-order chi connectivity index (χ1) is 9.32. The highest BCUT2D eigenvalue weighted by Crippen LogP contribution is 2.30. The van der Waals surface area contributed by atoms with E-state index in [-0.39, 0.29) is 5.92 Å². The standard InChI is InChI=1S/C13H21N3O2S2/c1-6-15(7-2)20(17,18)12-11(9(3)4)14-13-16(12)8-10(5)19-13/h8-9H,6-7H2,1-5H3. The van der Waals surface area contributed by atoms with Gasteiger partial charge in [0.15, 0.2) is 9.99 Å². The number of hydrogen-bond acceptors (Lipinski definition) is 4. The third-order valence-electron chi connectivity index (χ3n) is 3.26. The highest BCUT2D eigenvalue weighted by atomic mass is 32.2. The van der Waals surface area contributed by atoms with Crippen molar-refractivity contribution in [2.24, 2.45) is 0 Å². The lowest BCUT2D eigenvalue weighted by atomic mass is 10.2. The maximum atomic E-state index is 12.9. The Morgan fingerprint density at radius 2 is 1.95 bits per heavy atom. The van der Waals surface area contributed by atoms with Crippen LogP contribution in [0.25, 0.3) is 4.96 Å². The van der Waals surface area contributed by atoms with E-state index >= 15 is 0 Å². The molecule has 2 aromatic heterocycles. The van der Waals surface area contributed by atoms with Crippen LogP contribution in [0.3, 0.4) is 0 Å². The molecule has 7 heteroatoms. The van der Waals surface area contributed by atoms with Crippen molar-refractivity contribution in [1.29, 1.82) is 0 Å². The lowest BCUT2D eigenvalue weighted by Crippen LogP contribution is -2.32. The van der Waals surface area contributed by atoms with Crippen LogP contribution in [0.5, 0.6) is 0 Å². The van der Waals surface area contributed by atoms with E-state index < -0.39 is 10.0 Å². The highest BCUT2D eigenvalue weighted by molar-refractivity contribution is 7.89. The fraction of sp³-hybridized carbons (Fsp3) is 0.615. The summed E-state index contributed by atoms with van der Waals surface area (Å²) in [5, 5.41) is 0.329. The number of fused-ring (bicyclic) bond motifs is 1. The number of rotatable bonds is 5. The summed E-state index contributed by atoms with van der Waals surface area (Å²) in [5.41, 5.74) is 0.656. The molecule has 20 heavy (non-hydrogen) atoms. The van der Waals surface area contributed by atoms with Crippen LogP contribution in [0.4, 0.5) is 0 Å². The molecule has 112 valence electrons. The molecule has 0 N–H and O–H groups in total. The van der Waals surface area contributed by atoms with Gasteiger partial charge in [-0.3, -0.25) is 4.40 Å². The molecule has 0 aliphatic rings. The third kappa shape index (κ3) is 2.38. The first-order valence-corrected chi connectivity index (χ1v) is 9.07. The summed E-state index contributed by atoms with van der Waals surface area (Å²) in [6.45, 7) is 10.5. The second kappa shape index (κ2) is 5.46. The topological polar surface area (TPSA) is 54.7 Å². The molecule has 0 amide bonds. The van der Waals surface area contributed by atoms with E-state index in [1.165, 1.54) is 15.6 Å². The van der Waals surface area contributed by atoms with Gasteiger partial charge in [0, 0.05) is 24.2 Å². The number of imidazole rings is 1. The average molecular weight is 315 g/mol. The SMILES string of the molecule is CCN(CC)S(=O)(=O)c1c(C(C)C)nc2sc(C)cn12. The first-order valence-electron chi connectivity index (χ1n) is 6.81.